The molecule has 0 aromatic heterocycles. The van der Waals surface area contributed by atoms with Crippen LogP contribution in [0, 0.1) is 23.2 Å². The number of carbonyl (C=O) groups is 1. The van der Waals surface area contributed by atoms with Crippen molar-refractivity contribution in [3.05, 3.63) is 59.2 Å². The van der Waals surface area contributed by atoms with Gasteiger partial charge in [0.25, 0.3) is 0 Å². The van der Waals surface area contributed by atoms with E-state index in [0.29, 0.717) is 17.4 Å². The molecule has 1 fully saturated rings. The lowest BCUT2D eigenvalue weighted by Crippen LogP contribution is -2.34. The topological polar surface area (TPSA) is 62.6 Å². The summed E-state index contributed by atoms with van der Waals surface area (Å²) in [6.45, 7) is 3.15. The summed E-state index contributed by atoms with van der Waals surface area (Å²) < 4.78 is 10.9. The molecule has 1 heterocycles. The first-order valence-corrected chi connectivity index (χ1v) is 10.7. The van der Waals surface area contributed by atoms with Gasteiger partial charge >= 0.3 is 0 Å². The molecule has 4 rings (SSSR count). The molecule has 2 aliphatic rings. The first kappa shape index (κ1) is 23.1. The van der Waals surface area contributed by atoms with Crippen LogP contribution in [0.5, 0.6) is 11.5 Å². The van der Waals surface area contributed by atoms with Crippen LogP contribution in [0.4, 0.5) is 0 Å². The fraction of sp³-hybridized carbons (Fsp3) is 0.440. The fourth-order valence-corrected chi connectivity index (χ4v) is 4.78. The van der Waals surface area contributed by atoms with Gasteiger partial charge in [-0.1, -0.05) is 30.3 Å². The van der Waals surface area contributed by atoms with Crippen molar-refractivity contribution in [3.8, 4) is 17.6 Å². The predicted molar refractivity (Wildman–Crippen MR) is 122 cm³/mol. The highest BCUT2D eigenvalue weighted by atomic mass is 35.5. The van der Waals surface area contributed by atoms with Crippen molar-refractivity contribution in [2.45, 2.75) is 32.2 Å². The van der Waals surface area contributed by atoms with E-state index in [1.165, 1.54) is 5.56 Å². The van der Waals surface area contributed by atoms with Crippen LogP contribution >= 0.6 is 12.4 Å². The number of carbonyl (C=O) groups excluding carboxylic acids is 1. The lowest BCUT2D eigenvalue weighted by molar-refractivity contribution is 0.0895. The molecule has 1 saturated heterocycles. The van der Waals surface area contributed by atoms with E-state index in [4.69, 9.17) is 14.7 Å². The number of hydrogen-bond donors (Lipinski definition) is 0. The van der Waals surface area contributed by atoms with E-state index in [2.05, 4.69) is 35.2 Å². The molecule has 1 aliphatic carbocycles. The Balaban J connectivity index is 0.00000272. The largest absolute Gasteiger partial charge is 0.493 e. The van der Waals surface area contributed by atoms with Gasteiger partial charge in [0, 0.05) is 18.0 Å². The standard InChI is InChI=1S/C25H28N2O3.ClH/c1-29-23-16-22-20(15-24(23)30-12-9-26)14-21(25(22)28)13-18-7-10-27(11-8-18)17-19-5-3-2-4-6-19;/h2-6,15-16,18,21H,7-8,10-14,17H2,1H3;1H. The summed E-state index contributed by atoms with van der Waals surface area (Å²) in [4.78, 5) is 15.5. The van der Waals surface area contributed by atoms with Crippen LogP contribution < -0.4 is 9.47 Å². The average Bonchev–Trinajstić information content (AvgIpc) is 3.08. The van der Waals surface area contributed by atoms with Gasteiger partial charge in [-0.15, -0.1) is 12.4 Å². The first-order valence-electron chi connectivity index (χ1n) is 10.7. The van der Waals surface area contributed by atoms with Crippen LogP contribution in [0.2, 0.25) is 0 Å². The average molecular weight is 441 g/mol. The number of rotatable bonds is 7. The summed E-state index contributed by atoms with van der Waals surface area (Å²) in [7, 11) is 1.56. The molecule has 6 heteroatoms. The number of hydrogen-bond acceptors (Lipinski definition) is 5. The molecule has 2 aromatic carbocycles. The Bertz CT molecular complexity index is 934. The highest BCUT2D eigenvalue weighted by Gasteiger charge is 2.34. The van der Waals surface area contributed by atoms with Crippen LogP contribution in [0.3, 0.4) is 0 Å². The number of fused-ring (bicyclic) bond motifs is 1. The highest BCUT2D eigenvalue weighted by molar-refractivity contribution is 6.02. The third-order valence-electron chi connectivity index (χ3n) is 6.36. The van der Waals surface area contributed by atoms with Crippen molar-refractivity contribution >= 4 is 18.2 Å². The fourth-order valence-electron chi connectivity index (χ4n) is 4.78. The smallest absolute Gasteiger partial charge is 0.174 e. The molecule has 1 atom stereocenters. The summed E-state index contributed by atoms with van der Waals surface area (Å²) in [5.74, 6) is 1.92. The van der Waals surface area contributed by atoms with E-state index in [1.54, 1.807) is 13.2 Å². The van der Waals surface area contributed by atoms with E-state index in [9.17, 15) is 4.79 Å². The highest BCUT2D eigenvalue weighted by Crippen LogP contribution is 2.39. The summed E-state index contributed by atoms with van der Waals surface area (Å²) in [6, 6.07) is 16.3. The molecule has 0 radical (unpaired) electrons. The number of ether oxygens (including phenoxy) is 2. The summed E-state index contributed by atoms with van der Waals surface area (Å²) >= 11 is 0. The van der Waals surface area contributed by atoms with E-state index < -0.39 is 0 Å². The minimum Gasteiger partial charge on any atom is -0.493 e. The molecule has 5 nitrogen and oxygen atoms in total. The molecule has 0 N–H and O–H groups in total. The van der Waals surface area contributed by atoms with E-state index in [-0.39, 0.29) is 30.7 Å². The quantitative estimate of drug-likeness (QED) is 0.625. The summed E-state index contributed by atoms with van der Waals surface area (Å²) in [6.07, 6.45) is 3.99. The van der Waals surface area contributed by atoms with Crippen LogP contribution in [0.25, 0.3) is 0 Å². The minimum atomic E-state index is -0.0337. The molecule has 1 unspecified atom stereocenters. The lowest BCUT2D eigenvalue weighted by atomic mass is 9.85. The van der Waals surface area contributed by atoms with Gasteiger partial charge in [0.05, 0.1) is 7.11 Å². The van der Waals surface area contributed by atoms with Gasteiger partial charge in [-0.2, -0.15) is 5.26 Å². The van der Waals surface area contributed by atoms with Crippen LogP contribution in [-0.2, 0) is 13.0 Å². The number of halogens is 1. The number of ketones is 1. The molecule has 0 bridgehead atoms. The molecule has 0 saturated carbocycles. The lowest BCUT2D eigenvalue weighted by Gasteiger charge is -2.32. The Morgan fingerprint density at radius 2 is 1.87 bits per heavy atom. The number of piperidine rings is 1. The van der Waals surface area contributed by atoms with Gasteiger partial charge in [-0.25, -0.2) is 0 Å². The van der Waals surface area contributed by atoms with Crippen molar-refractivity contribution in [2.75, 3.05) is 26.8 Å². The number of benzene rings is 2. The second-order valence-corrected chi connectivity index (χ2v) is 8.31. The van der Waals surface area contributed by atoms with Gasteiger partial charge in [0.2, 0.25) is 0 Å². The van der Waals surface area contributed by atoms with Crippen molar-refractivity contribution in [2.24, 2.45) is 11.8 Å². The predicted octanol–water partition coefficient (Wildman–Crippen LogP) is 4.68. The number of nitrogens with zero attached hydrogens (tertiary/aromatic N) is 2. The van der Waals surface area contributed by atoms with Crippen molar-refractivity contribution < 1.29 is 14.3 Å². The molecule has 1 aliphatic heterocycles. The molecular formula is C25H29ClN2O3. The van der Waals surface area contributed by atoms with E-state index >= 15 is 0 Å². The van der Waals surface area contributed by atoms with Gasteiger partial charge in [-0.3, -0.25) is 9.69 Å². The third kappa shape index (κ3) is 5.39. The Kier molecular flexibility index (Phi) is 7.95. The molecule has 31 heavy (non-hydrogen) atoms. The second-order valence-electron chi connectivity index (χ2n) is 8.31. The SMILES string of the molecule is COc1cc2c(cc1OCC#N)CC(CC1CCN(Cc3ccccc3)CC1)C2=O.Cl. The maximum absolute atomic E-state index is 13.0. The van der Waals surface area contributed by atoms with Gasteiger partial charge in [0.15, 0.2) is 23.9 Å². The van der Waals surface area contributed by atoms with Crippen molar-refractivity contribution in [1.29, 1.82) is 5.26 Å². The van der Waals surface area contributed by atoms with Crippen molar-refractivity contribution in [1.82, 2.24) is 4.90 Å². The molecule has 0 spiro atoms. The van der Waals surface area contributed by atoms with Crippen LogP contribution in [0.1, 0.15) is 40.7 Å². The monoisotopic (exact) mass is 440 g/mol. The third-order valence-corrected chi connectivity index (χ3v) is 6.36. The maximum Gasteiger partial charge on any atom is 0.174 e. The summed E-state index contributed by atoms with van der Waals surface area (Å²) in [5.41, 5.74) is 3.13. The number of likely N-dealkylation sites (tertiary alicyclic amines) is 1. The van der Waals surface area contributed by atoms with Crippen LogP contribution in [-0.4, -0.2) is 37.5 Å². The molecule has 0 amide bonds. The molecule has 164 valence electrons. The Morgan fingerprint density at radius 3 is 2.55 bits per heavy atom. The second kappa shape index (κ2) is 10.7. The number of methoxy groups -OCH3 is 1. The number of Topliss-reactive ketones (excluding diaryl/α,β-unsaturated/α-hetero) is 1. The van der Waals surface area contributed by atoms with Crippen LogP contribution in [0.15, 0.2) is 42.5 Å². The zero-order chi connectivity index (χ0) is 20.9. The maximum atomic E-state index is 13.0. The Hall–Kier alpha value is -2.55. The first-order chi connectivity index (χ1) is 14.7. The van der Waals surface area contributed by atoms with E-state index in [0.717, 1.165) is 56.4 Å². The Labute approximate surface area is 190 Å². The van der Waals surface area contributed by atoms with Crippen molar-refractivity contribution in [3.63, 3.8) is 0 Å². The summed E-state index contributed by atoms with van der Waals surface area (Å²) in [5, 5.41) is 8.78. The van der Waals surface area contributed by atoms with Gasteiger partial charge in [0.1, 0.15) is 6.07 Å². The molecular weight excluding hydrogens is 412 g/mol. The molecule has 2 aromatic rings. The Morgan fingerprint density at radius 1 is 1.13 bits per heavy atom. The number of nitriles is 1. The normalized spacial score (nSPS) is 18.7. The minimum absolute atomic E-state index is 0. The van der Waals surface area contributed by atoms with Gasteiger partial charge < -0.3 is 9.47 Å². The zero-order valence-corrected chi connectivity index (χ0v) is 18.7. The van der Waals surface area contributed by atoms with Gasteiger partial charge in [-0.05, 0) is 68.0 Å². The van der Waals surface area contributed by atoms with E-state index in [1.807, 2.05) is 12.1 Å². The zero-order valence-electron chi connectivity index (χ0n) is 17.9.